The van der Waals surface area contributed by atoms with Crippen LogP contribution in [0.5, 0.6) is 0 Å². The van der Waals surface area contributed by atoms with Crippen molar-refractivity contribution in [3.63, 3.8) is 0 Å². The molecular formula is C26H32N4O4. The second-order valence-electron chi connectivity index (χ2n) is 8.60. The van der Waals surface area contributed by atoms with Crippen LogP contribution in [0.3, 0.4) is 0 Å². The molecule has 0 saturated carbocycles. The van der Waals surface area contributed by atoms with Crippen molar-refractivity contribution in [2.45, 2.75) is 58.0 Å². The number of anilines is 1. The fourth-order valence-electron chi connectivity index (χ4n) is 4.36. The summed E-state index contributed by atoms with van der Waals surface area (Å²) in [6.07, 6.45) is 2.50. The molecule has 0 aromatic heterocycles. The number of para-hydroxylation sites is 1. The largest absolute Gasteiger partial charge is 0.345 e. The van der Waals surface area contributed by atoms with Gasteiger partial charge in [-0.1, -0.05) is 69.2 Å². The van der Waals surface area contributed by atoms with Crippen LogP contribution in [0.15, 0.2) is 54.6 Å². The molecule has 3 N–H and O–H groups in total. The number of amides is 5. The van der Waals surface area contributed by atoms with Gasteiger partial charge in [-0.3, -0.25) is 19.3 Å². The molecule has 1 aliphatic heterocycles. The first-order chi connectivity index (χ1) is 16.3. The highest BCUT2D eigenvalue weighted by Crippen LogP contribution is 2.28. The van der Waals surface area contributed by atoms with Crippen molar-refractivity contribution in [3.8, 4) is 0 Å². The fourth-order valence-corrected chi connectivity index (χ4v) is 4.36. The number of urea groups is 1. The lowest BCUT2D eigenvalue weighted by Gasteiger charge is -2.25. The summed E-state index contributed by atoms with van der Waals surface area (Å²) < 4.78 is 0. The van der Waals surface area contributed by atoms with Gasteiger partial charge in [0.15, 0.2) is 0 Å². The van der Waals surface area contributed by atoms with Crippen LogP contribution in [0.4, 0.5) is 10.5 Å². The first-order valence-corrected chi connectivity index (χ1v) is 11.7. The van der Waals surface area contributed by atoms with E-state index in [9.17, 15) is 19.2 Å². The molecule has 5 amide bonds. The molecule has 0 spiro atoms. The maximum Gasteiger partial charge on any atom is 0.325 e. The lowest BCUT2D eigenvalue weighted by atomic mass is 9.88. The monoisotopic (exact) mass is 464 g/mol. The zero-order valence-corrected chi connectivity index (χ0v) is 19.9. The van der Waals surface area contributed by atoms with E-state index in [2.05, 4.69) is 16.0 Å². The number of rotatable bonds is 10. The second-order valence-corrected chi connectivity index (χ2v) is 8.60. The first kappa shape index (κ1) is 25.0. The zero-order chi connectivity index (χ0) is 24.7. The predicted molar refractivity (Wildman–Crippen MR) is 130 cm³/mol. The third-order valence-electron chi connectivity index (χ3n) is 5.99. The van der Waals surface area contributed by atoms with Crippen LogP contribution in [-0.2, 0) is 9.59 Å². The molecule has 1 unspecified atom stereocenters. The average Bonchev–Trinajstić information content (AvgIpc) is 3.04. The van der Waals surface area contributed by atoms with E-state index in [1.807, 2.05) is 51.1 Å². The van der Waals surface area contributed by atoms with Gasteiger partial charge in [-0.25, -0.2) is 4.79 Å². The molecule has 8 heteroatoms. The van der Waals surface area contributed by atoms with Crippen LogP contribution in [0.25, 0.3) is 0 Å². The van der Waals surface area contributed by atoms with Crippen LogP contribution in [0, 0.1) is 0 Å². The summed E-state index contributed by atoms with van der Waals surface area (Å²) in [5.41, 5.74) is 0.609. The zero-order valence-electron chi connectivity index (χ0n) is 19.9. The Morgan fingerprint density at radius 3 is 2.24 bits per heavy atom. The Labute approximate surface area is 200 Å². The van der Waals surface area contributed by atoms with Crippen molar-refractivity contribution in [3.05, 3.63) is 65.7 Å². The summed E-state index contributed by atoms with van der Waals surface area (Å²) in [5.74, 6) is -1.27. The van der Waals surface area contributed by atoms with Crippen molar-refractivity contribution in [2.24, 2.45) is 0 Å². The maximum absolute atomic E-state index is 13.0. The van der Waals surface area contributed by atoms with E-state index in [0.717, 1.165) is 23.3 Å². The van der Waals surface area contributed by atoms with Crippen molar-refractivity contribution < 1.29 is 19.2 Å². The van der Waals surface area contributed by atoms with Gasteiger partial charge >= 0.3 is 6.03 Å². The predicted octanol–water partition coefficient (Wildman–Crippen LogP) is 4.01. The van der Waals surface area contributed by atoms with Crippen LogP contribution in [0.2, 0.25) is 0 Å². The number of carbonyl (C=O) groups is 4. The Hall–Kier alpha value is -3.68. The van der Waals surface area contributed by atoms with Gasteiger partial charge in [-0.2, -0.15) is 0 Å². The molecule has 1 saturated heterocycles. The molecule has 1 heterocycles. The van der Waals surface area contributed by atoms with E-state index < -0.39 is 24.0 Å². The third kappa shape index (κ3) is 5.44. The van der Waals surface area contributed by atoms with Crippen LogP contribution >= 0.6 is 0 Å². The molecule has 3 rings (SSSR count). The summed E-state index contributed by atoms with van der Waals surface area (Å²) in [4.78, 5) is 52.2. The van der Waals surface area contributed by atoms with Crippen molar-refractivity contribution in [1.82, 2.24) is 15.5 Å². The number of nitrogens with zero attached hydrogens (tertiary/aromatic N) is 1. The Kier molecular flexibility index (Phi) is 8.04. The highest BCUT2D eigenvalue weighted by molar-refractivity contribution is 6.11. The average molecular weight is 465 g/mol. The third-order valence-corrected chi connectivity index (χ3v) is 5.99. The topological polar surface area (TPSA) is 108 Å². The molecule has 8 nitrogen and oxygen atoms in total. The number of carbonyl (C=O) groups excluding carboxylic acids is 4. The molecule has 2 aromatic rings. The summed E-state index contributed by atoms with van der Waals surface area (Å²) in [6, 6.07) is 15.4. The van der Waals surface area contributed by atoms with Crippen LogP contribution < -0.4 is 16.0 Å². The summed E-state index contributed by atoms with van der Waals surface area (Å²) in [5, 5.41) is 8.42. The molecule has 34 heavy (non-hydrogen) atoms. The Balaban J connectivity index is 1.69. The number of imide groups is 1. The van der Waals surface area contributed by atoms with Gasteiger partial charge in [0, 0.05) is 0 Å². The van der Waals surface area contributed by atoms with E-state index >= 15 is 0 Å². The number of benzene rings is 2. The van der Waals surface area contributed by atoms with E-state index in [1.165, 1.54) is 0 Å². The van der Waals surface area contributed by atoms with E-state index in [1.54, 1.807) is 24.3 Å². The highest BCUT2D eigenvalue weighted by Gasteiger charge is 2.50. The normalized spacial score (nSPS) is 15.6. The number of nitrogens with one attached hydrogen (secondary N) is 3. The molecule has 1 atom stereocenters. The second kappa shape index (κ2) is 11.0. The van der Waals surface area contributed by atoms with Gasteiger partial charge in [-0.05, 0) is 37.5 Å². The van der Waals surface area contributed by atoms with Gasteiger partial charge < -0.3 is 16.0 Å². The van der Waals surface area contributed by atoms with Gasteiger partial charge in [0.2, 0.25) is 5.91 Å². The SMILES string of the molecule is CCCC1(CCC)NC(=O)N(CC(=O)Nc2ccccc2C(=O)NC(C)c2ccccc2)C1=O. The molecule has 0 radical (unpaired) electrons. The van der Waals surface area contributed by atoms with E-state index in [-0.39, 0.29) is 17.9 Å². The highest BCUT2D eigenvalue weighted by atomic mass is 16.2. The summed E-state index contributed by atoms with van der Waals surface area (Å²) >= 11 is 0. The number of hydrogen-bond donors (Lipinski definition) is 3. The van der Waals surface area contributed by atoms with Crippen LogP contribution in [-0.4, -0.2) is 40.7 Å². The molecule has 1 fully saturated rings. The molecule has 180 valence electrons. The Morgan fingerprint density at radius 2 is 1.59 bits per heavy atom. The quantitative estimate of drug-likeness (QED) is 0.462. The van der Waals surface area contributed by atoms with Gasteiger partial charge in [0.05, 0.1) is 17.3 Å². The van der Waals surface area contributed by atoms with Crippen LogP contribution in [0.1, 0.15) is 68.4 Å². The van der Waals surface area contributed by atoms with Gasteiger partial charge in [0.25, 0.3) is 11.8 Å². The standard InChI is InChI=1S/C26H32N4O4/c1-4-15-26(16-5-2)24(33)30(25(34)29-26)17-22(31)28-21-14-10-9-13-20(21)23(32)27-18(3)19-11-7-6-8-12-19/h6-14,18H,4-5,15-17H2,1-3H3,(H,27,32)(H,28,31)(H,29,34). The summed E-state index contributed by atoms with van der Waals surface area (Å²) in [6.45, 7) is 5.36. The fraction of sp³-hybridized carbons (Fsp3) is 0.385. The minimum absolute atomic E-state index is 0.228. The van der Waals surface area contributed by atoms with Gasteiger partial charge in [0.1, 0.15) is 12.1 Å². The first-order valence-electron chi connectivity index (χ1n) is 11.7. The summed E-state index contributed by atoms with van der Waals surface area (Å²) in [7, 11) is 0. The van der Waals surface area contributed by atoms with Gasteiger partial charge in [-0.15, -0.1) is 0 Å². The molecule has 0 aliphatic carbocycles. The van der Waals surface area contributed by atoms with E-state index in [0.29, 0.717) is 24.1 Å². The Morgan fingerprint density at radius 1 is 0.971 bits per heavy atom. The minimum Gasteiger partial charge on any atom is -0.345 e. The molecule has 0 bridgehead atoms. The van der Waals surface area contributed by atoms with Crippen molar-refractivity contribution >= 4 is 29.4 Å². The lowest BCUT2D eigenvalue weighted by Crippen LogP contribution is -2.47. The molecule has 2 aromatic carbocycles. The number of hydrogen-bond acceptors (Lipinski definition) is 4. The molecular weight excluding hydrogens is 432 g/mol. The smallest absolute Gasteiger partial charge is 0.325 e. The minimum atomic E-state index is -0.952. The van der Waals surface area contributed by atoms with Crippen molar-refractivity contribution in [2.75, 3.05) is 11.9 Å². The maximum atomic E-state index is 13.0. The molecule has 1 aliphatic rings. The van der Waals surface area contributed by atoms with Crippen molar-refractivity contribution in [1.29, 1.82) is 0 Å². The Bertz CT molecular complexity index is 1050. The lowest BCUT2D eigenvalue weighted by molar-refractivity contribution is -0.134. The van der Waals surface area contributed by atoms with E-state index in [4.69, 9.17) is 0 Å².